The number of methoxy groups -OCH3 is 1. The third-order valence-corrected chi connectivity index (χ3v) is 3.41. The highest BCUT2D eigenvalue weighted by Crippen LogP contribution is 2.24. The Morgan fingerprint density at radius 2 is 2.25 bits per heavy atom. The van der Waals surface area contributed by atoms with E-state index in [-0.39, 0.29) is 23.3 Å². The molecule has 1 aliphatic rings. The van der Waals surface area contributed by atoms with Crippen molar-refractivity contribution in [2.24, 2.45) is 0 Å². The molecular formula is C13H15ClN2O4. The Morgan fingerprint density at radius 1 is 1.50 bits per heavy atom. The van der Waals surface area contributed by atoms with Gasteiger partial charge in [0.1, 0.15) is 5.75 Å². The first-order chi connectivity index (χ1) is 9.51. The number of carbonyl (C=O) groups is 2. The number of likely N-dealkylation sites (tertiary alicyclic amines) is 1. The van der Waals surface area contributed by atoms with Gasteiger partial charge in [0.15, 0.2) is 0 Å². The van der Waals surface area contributed by atoms with Crippen molar-refractivity contribution < 1.29 is 19.4 Å². The van der Waals surface area contributed by atoms with Gasteiger partial charge in [0, 0.05) is 18.1 Å². The number of hydrogen-bond donors (Lipinski definition) is 2. The molecule has 0 bridgehead atoms. The fraction of sp³-hybridized carbons (Fsp3) is 0.385. The number of amides is 2. The van der Waals surface area contributed by atoms with Crippen LogP contribution in [-0.2, 0) is 4.74 Å². The van der Waals surface area contributed by atoms with Gasteiger partial charge in [0.05, 0.1) is 18.7 Å². The van der Waals surface area contributed by atoms with E-state index in [1.807, 2.05) is 0 Å². The van der Waals surface area contributed by atoms with Gasteiger partial charge in [-0.15, -0.1) is 0 Å². The van der Waals surface area contributed by atoms with Gasteiger partial charge in [-0.3, -0.25) is 4.79 Å². The summed E-state index contributed by atoms with van der Waals surface area (Å²) in [6.45, 7) is 0.894. The quantitative estimate of drug-likeness (QED) is 0.869. The molecule has 0 saturated carbocycles. The number of ether oxygens (including phenoxy) is 1. The first-order valence-corrected chi connectivity index (χ1v) is 6.51. The summed E-state index contributed by atoms with van der Waals surface area (Å²) in [5.41, 5.74) is 0.202. The number of rotatable bonds is 2. The fourth-order valence-corrected chi connectivity index (χ4v) is 2.31. The molecule has 1 unspecified atom stereocenters. The van der Waals surface area contributed by atoms with Crippen LogP contribution >= 0.6 is 11.6 Å². The minimum Gasteiger partial charge on any atom is -0.507 e. The predicted molar refractivity (Wildman–Crippen MR) is 73.0 cm³/mol. The average Bonchev–Trinajstić information content (AvgIpc) is 2.86. The molecule has 20 heavy (non-hydrogen) atoms. The van der Waals surface area contributed by atoms with E-state index in [2.05, 4.69) is 10.1 Å². The monoisotopic (exact) mass is 298 g/mol. The van der Waals surface area contributed by atoms with Crippen molar-refractivity contribution in [3.05, 3.63) is 28.8 Å². The van der Waals surface area contributed by atoms with Crippen molar-refractivity contribution >= 4 is 23.6 Å². The van der Waals surface area contributed by atoms with Crippen LogP contribution in [-0.4, -0.2) is 48.2 Å². The summed E-state index contributed by atoms with van der Waals surface area (Å²) < 4.78 is 4.52. The van der Waals surface area contributed by atoms with Crippen molar-refractivity contribution in [3.63, 3.8) is 0 Å². The van der Waals surface area contributed by atoms with Crippen molar-refractivity contribution in [3.8, 4) is 5.75 Å². The summed E-state index contributed by atoms with van der Waals surface area (Å²) in [5, 5.41) is 12.8. The van der Waals surface area contributed by atoms with Crippen LogP contribution in [0.25, 0.3) is 0 Å². The maximum Gasteiger partial charge on any atom is 0.407 e. The SMILES string of the molecule is COC(=O)NC1CCN(C(=O)c2ccc(Cl)cc2O)C1. The van der Waals surface area contributed by atoms with Crippen molar-refractivity contribution in [2.75, 3.05) is 20.2 Å². The van der Waals surface area contributed by atoms with Crippen LogP contribution < -0.4 is 5.32 Å². The van der Waals surface area contributed by atoms with Gasteiger partial charge in [-0.1, -0.05) is 11.6 Å². The lowest BCUT2D eigenvalue weighted by atomic mass is 10.2. The Morgan fingerprint density at radius 3 is 2.90 bits per heavy atom. The van der Waals surface area contributed by atoms with E-state index in [4.69, 9.17) is 11.6 Å². The molecule has 1 aliphatic heterocycles. The van der Waals surface area contributed by atoms with Crippen molar-refractivity contribution in [1.82, 2.24) is 10.2 Å². The van der Waals surface area contributed by atoms with Gasteiger partial charge in [0.2, 0.25) is 0 Å². The summed E-state index contributed by atoms with van der Waals surface area (Å²) in [6.07, 6.45) is 0.133. The average molecular weight is 299 g/mol. The molecular weight excluding hydrogens is 284 g/mol. The van der Waals surface area contributed by atoms with Gasteiger partial charge in [-0.05, 0) is 24.6 Å². The van der Waals surface area contributed by atoms with E-state index in [0.717, 1.165) is 0 Å². The van der Waals surface area contributed by atoms with Crippen molar-refractivity contribution in [2.45, 2.75) is 12.5 Å². The number of halogens is 1. The largest absolute Gasteiger partial charge is 0.507 e. The molecule has 1 aromatic rings. The Balaban J connectivity index is 2.02. The second-order valence-electron chi connectivity index (χ2n) is 4.53. The lowest BCUT2D eigenvalue weighted by Gasteiger charge is -2.17. The minimum atomic E-state index is -0.515. The number of hydrogen-bond acceptors (Lipinski definition) is 4. The second-order valence-corrected chi connectivity index (χ2v) is 4.97. The maximum absolute atomic E-state index is 12.3. The van der Waals surface area contributed by atoms with E-state index < -0.39 is 6.09 Å². The van der Waals surface area contributed by atoms with Gasteiger partial charge in [0.25, 0.3) is 5.91 Å². The van der Waals surface area contributed by atoms with Crippen LogP contribution in [0.5, 0.6) is 5.75 Å². The number of alkyl carbamates (subject to hydrolysis) is 1. The molecule has 1 fully saturated rings. The lowest BCUT2D eigenvalue weighted by Crippen LogP contribution is -2.38. The molecule has 108 valence electrons. The second kappa shape index (κ2) is 6.00. The van der Waals surface area contributed by atoms with E-state index >= 15 is 0 Å². The number of nitrogens with one attached hydrogen (secondary N) is 1. The first kappa shape index (κ1) is 14.5. The van der Waals surface area contributed by atoms with Crippen LogP contribution in [0.4, 0.5) is 4.79 Å². The lowest BCUT2D eigenvalue weighted by molar-refractivity contribution is 0.0785. The molecule has 1 heterocycles. The third-order valence-electron chi connectivity index (χ3n) is 3.17. The summed E-state index contributed by atoms with van der Waals surface area (Å²) in [7, 11) is 1.29. The molecule has 0 radical (unpaired) electrons. The predicted octanol–water partition coefficient (Wildman–Crippen LogP) is 1.62. The van der Waals surface area contributed by atoms with Crippen LogP contribution in [0.1, 0.15) is 16.8 Å². The van der Waals surface area contributed by atoms with E-state index in [9.17, 15) is 14.7 Å². The normalized spacial score (nSPS) is 17.9. The zero-order valence-corrected chi connectivity index (χ0v) is 11.7. The first-order valence-electron chi connectivity index (χ1n) is 6.13. The van der Waals surface area contributed by atoms with Gasteiger partial charge in [-0.25, -0.2) is 4.79 Å². The number of carbonyl (C=O) groups excluding carboxylic acids is 2. The van der Waals surface area contributed by atoms with Crippen molar-refractivity contribution in [1.29, 1.82) is 0 Å². The molecule has 0 aromatic heterocycles. The molecule has 1 aromatic carbocycles. The molecule has 1 saturated heterocycles. The Bertz CT molecular complexity index is 535. The number of nitrogens with zero attached hydrogens (tertiary/aromatic N) is 1. The molecule has 2 N–H and O–H groups in total. The number of phenolic OH excluding ortho intramolecular Hbond substituents is 1. The summed E-state index contributed by atoms with van der Waals surface area (Å²) >= 11 is 5.73. The molecule has 2 rings (SSSR count). The van der Waals surface area contributed by atoms with E-state index in [1.165, 1.54) is 19.2 Å². The highest BCUT2D eigenvalue weighted by molar-refractivity contribution is 6.30. The van der Waals surface area contributed by atoms with Gasteiger partial charge < -0.3 is 20.1 Å². The third kappa shape index (κ3) is 3.14. The highest BCUT2D eigenvalue weighted by Gasteiger charge is 2.29. The molecule has 0 spiro atoms. The van der Waals surface area contributed by atoms with Crippen LogP contribution in [0.3, 0.4) is 0 Å². The number of aromatic hydroxyl groups is 1. The Labute approximate surface area is 121 Å². The summed E-state index contributed by atoms with van der Waals surface area (Å²) in [5.74, 6) is -0.430. The zero-order valence-electron chi connectivity index (χ0n) is 10.9. The summed E-state index contributed by atoms with van der Waals surface area (Å²) in [4.78, 5) is 24.9. The Kier molecular flexibility index (Phi) is 4.34. The van der Waals surface area contributed by atoms with E-state index in [0.29, 0.717) is 24.5 Å². The molecule has 7 heteroatoms. The minimum absolute atomic E-state index is 0.138. The van der Waals surface area contributed by atoms with Crippen LogP contribution in [0.2, 0.25) is 5.02 Å². The van der Waals surface area contributed by atoms with Gasteiger partial charge >= 0.3 is 6.09 Å². The maximum atomic E-state index is 12.3. The smallest absolute Gasteiger partial charge is 0.407 e. The van der Waals surface area contributed by atoms with Crippen LogP contribution in [0.15, 0.2) is 18.2 Å². The fourth-order valence-electron chi connectivity index (χ4n) is 2.14. The topological polar surface area (TPSA) is 78.9 Å². The molecule has 6 nitrogen and oxygen atoms in total. The highest BCUT2D eigenvalue weighted by atomic mass is 35.5. The number of phenols is 1. The molecule has 1 atom stereocenters. The molecule has 2 amide bonds. The van der Waals surface area contributed by atoms with E-state index in [1.54, 1.807) is 11.0 Å². The van der Waals surface area contributed by atoms with Gasteiger partial charge in [-0.2, -0.15) is 0 Å². The number of benzene rings is 1. The zero-order chi connectivity index (χ0) is 14.7. The van der Waals surface area contributed by atoms with Crippen LogP contribution in [0, 0.1) is 0 Å². The summed E-state index contributed by atoms with van der Waals surface area (Å²) in [6, 6.07) is 4.23. The Hall–Kier alpha value is -1.95. The standard InChI is InChI=1S/C13H15ClN2O4/c1-20-13(19)15-9-4-5-16(7-9)12(18)10-3-2-8(14)6-11(10)17/h2-3,6,9,17H,4-5,7H2,1H3,(H,15,19). The molecule has 0 aliphatic carbocycles.